The molecule has 3 aromatic heterocycles. The summed E-state index contributed by atoms with van der Waals surface area (Å²) in [4.78, 5) is 21.9. The fourth-order valence-corrected chi connectivity index (χ4v) is 4.32. The van der Waals surface area contributed by atoms with Gasteiger partial charge in [-0.25, -0.2) is 4.98 Å². The van der Waals surface area contributed by atoms with E-state index in [1.807, 2.05) is 53.9 Å². The second kappa shape index (κ2) is 7.85. The molecule has 4 nitrogen and oxygen atoms in total. The van der Waals surface area contributed by atoms with Crippen LogP contribution in [0.2, 0.25) is 0 Å². The van der Waals surface area contributed by atoms with Gasteiger partial charge in [0.25, 0.3) is 5.56 Å². The molecule has 0 fully saturated rings. The third-order valence-electron chi connectivity index (χ3n) is 5.31. The van der Waals surface area contributed by atoms with E-state index in [0.29, 0.717) is 5.56 Å². The predicted molar refractivity (Wildman–Crippen MR) is 128 cm³/mol. The second-order valence-electron chi connectivity index (χ2n) is 7.43. The largest absolute Gasteiger partial charge is 0.497 e. The number of ether oxygens (including phenoxy) is 1. The highest BCUT2D eigenvalue weighted by Gasteiger charge is 2.13. The average molecular weight is 425 g/mol. The van der Waals surface area contributed by atoms with Crippen molar-refractivity contribution in [3.63, 3.8) is 0 Å². The van der Waals surface area contributed by atoms with E-state index in [1.165, 1.54) is 5.56 Å². The molecule has 0 aliphatic rings. The van der Waals surface area contributed by atoms with Gasteiger partial charge in [-0.2, -0.15) is 0 Å². The van der Waals surface area contributed by atoms with Crippen LogP contribution in [0.25, 0.3) is 43.9 Å². The van der Waals surface area contributed by atoms with Gasteiger partial charge in [-0.1, -0.05) is 35.9 Å². The number of methoxy groups -OCH3 is 1. The average Bonchev–Trinajstić information content (AvgIpc) is 3.33. The van der Waals surface area contributed by atoms with Crippen molar-refractivity contribution in [3.05, 3.63) is 94.1 Å². The van der Waals surface area contributed by atoms with E-state index in [4.69, 9.17) is 9.72 Å². The molecule has 0 aliphatic carbocycles. The summed E-state index contributed by atoms with van der Waals surface area (Å²) in [6.07, 6.45) is 0. The highest BCUT2D eigenvalue weighted by Crippen LogP contribution is 2.32. The predicted octanol–water partition coefficient (Wildman–Crippen LogP) is 6.30. The van der Waals surface area contributed by atoms with Gasteiger partial charge in [-0.05, 0) is 60.3 Å². The first-order chi connectivity index (χ1) is 15.1. The lowest BCUT2D eigenvalue weighted by atomic mass is 10.0. The maximum Gasteiger partial charge on any atom is 0.256 e. The second-order valence-corrected chi connectivity index (χ2v) is 8.38. The monoisotopic (exact) mass is 424 g/mol. The molecule has 3 heterocycles. The molecule has 0 atom stereocenters. The van der Waals surface area contributed by atoms with Crippen LogP contribution in [-0.2, 0) is 0 Å². The lowest BCUT2D eigenvalue weighted by Crippen LogP contribution is -2.09. The molecule has 0 aliphatic heterocycles. The Balaban J connectivity index is 1.74. The molecule has 0 amide bonds. The summed E-state index contributed by atoms with van der Waals surface area (Å²) < 4.78 is 5.35. The molecule has 0 bridgehead atoms. The quantitative estimate of drug-likeness (QED) is 0.368. The number of nitrogens with zero attached hydrogens (tertiary/aromatic N) is 1. The minimum absolute atomic E-state index is 0.129. The van der Waals surface area contributed by atoms with Crippen LogP contribution in [-0.4, -0.2) is 17.1 Å². The van der Waals surface area contributed by atoms with Crippen LogP contribution in [0, 0.1) is 6.92 Å². The Morgan fingerprint density at radius 2 is 1.71 bits per heavy atom. The molecule has 31 heavy (non-hydrogen) atoms. The van der Waals surface area contributed by atoms with E-state index in [9.17, 15) is 4.79 Å². The number of nitrogens with one attached hydrogen (secondary N) is 1. The third kappa shape index (κ3) is 3.76. The van der Waals surface area contributed by atoms with Gasteiger partial charge in [0.15, 0.2) is 0 Å². The van der Waals surface area contributed by atoms with Crippen LogP contribution >= 0.6 is 11.3 Å². The number of hydrogen-bond acceptors (Lipinski definition) is 4. The molecule has 5 heteroatoms. The molecular weight excluding hydrogens is 404 g/mol. The summed E-state index contributed by atoms with van der Waals surface area (Å²) in [5, 5.41) is 2.95. The van der Waals surface area contributed by atoms with Crippen LogP contribution in [0.15, 0.2) is 83.0 Å². The Morgan fingerprint density at radius 1 is 0.903 bits per heavy atom. The molecule has 152 valence electrons. The molecule has 0 spiro atoms. The first kappa shape index (κ1) is 19.3. The Bertz CT molecular complexity index is 1440. The zero-order valence-corrected chi connectivity index (χ0v) is 18.0. The van der Waals surface area contributed by atoms with E-state index in [2.05, 4.69) is 36.2 Å². The number of H-pyrrole nitrogens is 1. The molecular formula is C26H20N2O2S. The van der Waals surface area contributed by atoms with Gasteiger partial charge < -0.3 is 9.72 Å². The molecule has 0 radical (unpaired) electrons. The lowest BCUT2D eigenvalue weighted by Gasteiger charge is -2.10. The summed E-state index contributed by atoms with van der Waals surface area (Å²) in [5.74, 6) is 0.750. The van der Waals surface area contributed by atoms with Gasteiger partial charge >= 0.3 is 0 Å². The van der Waals surface area contributed by atoms with Crippen LogP contribution in [0.1, 0.15) is 5.56 Å². The number of thiophene rings is 1. The number of hydrogen-bond donors (Lipinski definition) is 1. The number of aryl methyl sites for hydroxylation is 1. The normalized spacial score (nSPS) is 11.0. The van der Waals surface area contributed by atoms with Crippen molar-refractivity contribution in [3.8, 4) is 38.7 Å². The fraction of sp³-hybridized carbons (Fsp3) is 0.0769. The summed E-state index contributed by atoms with van der Waals surface area (Å²) in [6, 6.07) is 23.9. The smallest absolute Gasteiger partial charge is 0.256 e. The van der Waals surface area contributed by atoms with Crippen molar-refractivity contribution in [2.75, 3.05) is 7.11 Å². The minimum atomic E-state index is -0.129. The van der Waals surface area contributed by atoms with Gasteiger partial charge in [0.1, 0.15) is 5.75 Å². The Morgan fingerprint density at radius 3 is 2.45 bits per heavy atom. The van der Waals surface area contributed by atoms with Crippen molar-refractivity contribution < 1.29 is 4.74 Å². The van der Waals surface area contributed by atoms with Crippen molar-refractivity contribution in [1.29, 1.82) is 0 Å². The summed E-state index contributed by atoms with van der Waals surface area (Å²) >= 11 is 1.63. The molecule has 1 N–H and O–H groups in total. The van der Waals surface area contributed by atoms with Gasteiger partial charge in [0.05, 0.1) is 23.4 Å². The molecule has 5 rings (SSSR count). The van der Waals surface area contributed by atoms with Gasteiger partial charge in [0.2, 0.25) is 0 Å². The van der Waals surface area contributed by atoms with E-state index < -0.39 is 0 Å². The highest BCUT2D eigenvalue weighted by atomic mass is 32.1. The summed E-state index contributed by atoms with van der Waals surface area (Å²) in [6.45, 7) is 2.06. The molecule has 2 aromatic carbocycles. The molecule has 0 unspecified atom stereocenters. The number of pyridine rings is 2. The fourth-order valence-electron chi connectivity index (χ4n) is 3.63. The van der Waals surface area contributed by atoms with E-state index in [-0.39, 0.29) is 5.56 Å². The Labute approximate surface area is 183 Å². The SMILES string of the molecule is COc1ccc2[nH]c(=O)c(-c3cc(-c4ccc(C)cc4)nc(-c4cccs4)c3)cc2c1. The third-order valence-corrected chi connectivity index (χ3v) is 6.20. The Hall–Kier alpha value is -3.70. The number of aromatic amines is 1. The van der Waals surface area contributed by atoms with Crippen molar-refractivity contribution in [2.45, 2.75) is 6.92 Å². The minimum Gasteiger partial charge on any atom is -0.497 e. The molecule has 0 saturated carbocycles. The number of benzene rings is 2. The van der Waals surface area contributed by atoms with Crippen molar-refractivity contribution >= 4 is 22.2 Å². The van der Waals surface area contributed by atoms with Crippen LogP contribution < -0.4 is 10.3 Å². The van der Waals surface area contributed by atoms with Gasteiger partial charge in [-0.3, -0.25) is 4.79 Å². The van der Waals surface area contributed by atoms with Gasteiger partial charge in [0, 0.05) is 22.0 Å². The Kier molecular flexibility index (Phi) is 4.88. The summed E-state index contributed by atoms with van der Waals surface area (Å²) in [7, 11) is 1.64. The van der Waals surface area contributed by atoms with Crippen LogP contribution in [0.5, 0.6) is 5.75 Å². The number of fused-ring (bicyclic) bond motifs is 1. The zero-order valence-electron chi connectivity index (χ0n) is 17.2. The number of aromatic nitrogens is 2. The topological polar surface area (TPSA) is 55.0 Å². The van der Waals surface area contributed by atoms with Crippen molar-refractivity contribution in [2.24, 2.45) is 0 Å². The molecule has 0 saturated heterocycles. The van der Waals surface area contributed by atoms with E-state index in [0.717, 1.165) is 44.0 Å². The first-order valence-electron chi connectivity index (χ1n) is 9.95. The van der Waals surface area contributed by atoms with E-state index in [1.54, 1.807) is 18.4 Å². The van der Waals surface area contributed by atoms with Crippen LogP contribution in [0.3, 0.4) is 0 Å². The standard InChI is InChI=1S/C26H20N2O2S/c1-16-5-7-17(8-6-16)23-14-18(15-24(27-23)25-4-3-11-31-25)21-13-19-12-20(30-2)9-10-22(19)28-26(21)29/h3-15H,1-2H3,(H,28,29). The van der Waals surface area contributed by atoms with Crippen molar-refractivity contribution in [1.82, 2.24) is 9.97 Å². The molecule has 5 aromatic rings. The lowest BCUT2D eigenvalue weighted by molar-refractivity contribution is 0.415. The first-order valence-corrected chi connectivity index (χ1v) is 10.8. The maximum absolute atomic E-state index is 13.0. The zero-order chi connectivity index (χ0) is 21.4. The maximum atomic E-state index is 13.0. The van der Waals surface area contributed by atoms with E-state index >= 15 is 0 Å². The summed E-state index contributed by atoms with van der Waals surface area (Å²) in [5.41, 5.74) is 5.99. The number of rotatable bonds is 4. The van der Waals surface area contributed by atoms with Gasteiger partial charge in [-0.15, -0.1) is 11.3 Å². The van der Waals surface area contributed by atoms with Crippen LogP contribution in [0.4, 0.5) is 0 Å². The highest BCUT2D eigenvalue weighted by molar-refractivity contribution is 7.13.